The van der Waals surface area contributed by atoms with Crippen molar-refractivity contribution < 1.29 is 45.2 Å². The second-order valence-corrected chi connectivity index (χ2v) is 12.5. The highest BCUT2D eigenvalue weighted by Crippen LogP contribution is 2.33. The zero-order valence-electron chi connectivity index (χ0n) is 23.4. The third-order valence-corrected chi connectivity index (χ3v) is 9.82. The molecular formula is C29H30BF5N2O5S. The number of carbonyl (C=O) groups is 1. The molecule has 1 atom stereocenters. The van der Waals surface area contributed by atoms with Gasteiger partial charge in [0.2, 0.25) is 21.7 Å². The molecule has 1 aliphatic rings. The Labute approximate surface area is 246 Å². The molecule has 1 amide bonds. The van der Waals surface area contributed by atoms with Gasteiger partial charge in [-0.3, -0.25) is 4.79 Å². The van der Waals surface area contributed by atoms with Crippen LogP contribution in [0, 0.1) is 29.1 Å². The maximum atomic E-state index is 14.4. The maximum absolute atomic E-state index is 14.4. The normalized spacial score (nSPS) is 15.0. The van der Waals surface area contributed by atoms with Crippen LogP contribution < -0.4 is 10.4 Å². The zero-order valence-corrected chi connectivity index (χ0v) is 24.2. The summed E-state index contributed by atoms with van der Waals surface area (Å²) in [6, 6.07) is 11.4. The summed E-state index contributed by atoms with van der Waals surface area (Å²) < 4.78 is 96.6. The molecule has 0 unspecified atom stereocenters. The Balaban J connectivity index is 1.67. The zero-order chi connectivity index (χ0) is 31.6. The summed E-state index contributed by atoms with van der Waals surface area (Å²) in [4.78, 5) is 12.9. The number of nitrogens with zero attached hydrogens (tertiary/aromatic N) is 2. The smallest absolute Gasteiger partial charge is 0.423 e. The van der Waals surface area contributed by atoms with E-state index in [0.717, 1.165) is 45.2 Å². The first-order valence-electron chi connectivity index (χ1n) is 13.6. The SMILES string of the molecule is C[C@H](C(=O)N(Cc1ccc(C2CCCCC2)cc1)c1ccc(B(O)O)cc1)N(C)S(=O)(=O)c1c(F)c(F)c(F)c(F)c1F. The maximum Gasteiger partial charge on any atom is 0.488 e. The summed E-state index contributed by atoms with van der Waals surface area (Å²) >= 11 is 0. The van der Waals surface area contributed by atoms with Gasteiger partial charge in [0.15, 0.2) is 28.2 Å². The molecule has 230 valence electrons. The van der Waals surface area contributed by atoms with E-state index in [0.29, 0.717) is 11.5 Å². The molecule has 43 heavy (non-hydrogen) atoms. The number of anilines is 1. The lowest BCUT2D eigenvalue weighted by atomic mass is 9.80. The van der Waals surface area contributed by atoms with E-state index in [2.05, 4.69) is 0 Å². The molecule has 0 saturated heterocycles. The highest BCUT2D eigenvalue weighted by atomic mass is 32.2. The Hall–Kier alpha value is -3.33. The number of hydrogen-bond acceptors (Lipinski definition) is 5. The lowest BCUT2D eigenvalue weighted by Crippen LogP contribution is -2.48. The molecule has 1 saturated carbocycles. The van der Waals surface area contributed by atoms with Crippen molar-refractivity contribution in [1.29, 1.82) is 0 Å². The van der Waals surface area contributed by atoms with Crippen molar-refractivity contribution in [2.45, 2.75) is 62.4 Å². The number of halogens is 5. The quantitative estimate of drug-likeness (QED) is 0.160. The standard InChI is InChI=1S/C29H30BF5N2O5S/c1-17(36(2)43(41,42)28-26(34)24(32)23(31)25(33)27(28)35)29(38)37(22-14-12-21(13-15-22)30(39)40)16-18-8-10-20(11-9-18)19-6-4-3-5-7-19/h8-15,17,19,39-40H,3-7,16H2,1-2H3/t17-/m1/s1. The number of rotatable bonds is 9. The number of hydrogen-bond donors (Lipinski definition) is 2. The van der Waals surface area contributed by atoms with Crippen molar-refractivity contribution >= 4 is 34.2 Å². The average molecular weight is 624 g/mol. The van der Waals surface area contributed by atoms with Crippen LogP contribution in [0.25, 0.3) is 0 Å². The number of sulfonamides is 1. The van der Waals surface area contributed by atoms with Gasteiger partial charge in [-0.05, 0) is 54.4 Å². The predicted octanol–water partition coefficient (Wildman–Crippen LogP) is 4.35. The summed E-state index contributed by atoms with van der Waals surface area (Å²) in [5.74, 6) is -12.9. The predicted molar refractivity (Wildman–Crippen MR) is 150 cm³/mol. The topological polar surface area (TPSA) is 98.2 Å². The highest BCUT2D eigenvalue weighted by molar-refractivity contribution is 7.89. The molecule has 4 rings (SSSR count). The molecule has 1 aliphatic carbocycles. The van der Waals surface area contributed by atoms with Crippen molar-refractivity contribution in [1.82, 2.24) is 4.31 Å². The molecule has 0 bridgehead atoms. The van der Waals surface area contributed by atoms with Crippen molar-refractivity contribution in [2.24, 2.45) is 0 Å². The van der Waals surface area contributed by atoms with Gasteiger partial charge in [0.1, 0.15) is 6.04 Å². The number of benzene rings is 3. The number of likely N-dealkylation sites (N-methyl/N-ethyl adjacent to an activating group) is 1. The lowest BCUT2D eigenvalue weighted by Gasteiger charge is -2.31. The minimum absolute atomic E-state index is 0.0778. The summed E-state index contributed by atoms with van der Waals surface area (Å²) in [5.41, 5.74) is 2.16. The fourth-order valence-corrected chi connectivity index (χ4v) is 6.61. The average Bonchev–Trinajstić information content (AvgIpc) is 3.01. The van der Waals surface area contributed by atoms with Crippen LogP contribution in [0.1, 0.15) is 56.1 Å². The van der Waals surface area contributed by atoms with E-state index < -0.39 is 63.1 Å². The molecule has 3 aromatic rings. The van der Waals surface area contributed by atoms with E-state index in [1.54, 1.807) is 0 Å². The van der Waals surface area contributed by atoms with E-state index in [9.17, 15) is 45.2 Å². The van der Waals surface area contributed by atoms with Gasteiger partial charge in [-0.15, -0.1) is 0 Å². The molecule has 7 nitrogen and oxygen atoms in total. The molecule has 2 N–H and O–H groups in total. The van der Waals surface area contributed by atoms with Crippen LogP contribution in [-0.2, 0) is 21.4 Å². The Bertz CT molecular complexity index is 1560. The van der Waals surface area contributed by atoms with Crippen LogP contribution in [0.3, 0.4) is 0 Å². The van der Waals surface area contributed by atoms with E-state index in [1.807, 2.05) is 24.3 Å². The van der Waals surface area contributed by atoms with Crippen molar-refractivity contribution in [3.05, 3.63) is 88.7 Å². The second kappa shape index (κ2) is 13.1. The molecule has 0 aromatic heterocycles. The van der Waals surface area contributed by atoms with E-state index in [4.69, 9.17) is 0 Å². The van der Waals surface area contributed by atoms with E-state index in [1.165, 1.54) is 35.6 Å². The number of amides is 1. The first kappa shape index (κ1) is 32.6. The van der Waals surface area contributed by atoms with Crippen molar-refractivity contribution in [2.75, 3.05) is 11.9 Å². The summed E-state index contributed by atoms with van der Waals surface area (Å²) in [7, 11) is -6.41. The molecule has 0 radical (unpaired) electrons. The lowest BCUT2D eigenvalue weighted by molar-refractivity contribution is -0.121. The van der Waals surface area contributed by atoms with Gasteiger partial charge >= 0.3 is 7.12 Å². The van der Waals surface area contributed by atoms with Crippen molar-refractivity contribution in [3.63, 3.8) is 0 Å². The van der Waals surface area contributed by atoms with Gasteiger partial charge in [-0.2, -0.15) is 4.31 Å². The monoisotopic (exact) mass is 624 g/mol. The third kappa shape index (κ3) is 6.62. The van der Waals surface area contributed by atoms with Gasteiger partial charge in [0, 0.05) is 12.7 Å². The van der Waals surface area contributed by atoms with Crippen molar-refractivity contribution in [3.8, 4) is 0 Å². The Morgan fingerprint density at radius 2 is 1.37 bits per heavy atom. The van der Waals surface area contributed by atoms with Gasteiger partial charge in [-0.25, -0.2) is 30.4 Å². The molecule has 14 heteroatoms. The van der Waals surface area contributed by atoms with E-state index in [-0.39, 0.29) is 22.0 Å². The van der Waals surface area contributed by atoms with Crippen LogP contribution in [0.4, 0.5) is 27.6 Å². The van der Waals surface area contributed by atoms with Crippen LogP contribution in [0.2, 0.25) is 0 Å². The minimum atomic E-state index is -5.41. The molecule has 0 heterocycles. The van der Waals surface area contributed by atoms with Crippen LogP contribution in [-0.4, -0.2) is 48.9 Å². The Morgan fingerprint density at radius 1 is 0.860 bits per heavy atom. The second-order valence-electron chi connectivity index (χ2n) is 10.6. The molecule has 3 aromatic carbocycles. The summed E-state index contributed by atoms with van der Waals surface area (Å²) in [6.45, 7) is 1.03. The summed E-state index contributed by atoms with van der Waals surface area (Å²) in [6.07, 6.45) is 5.65. The van der Waals surface area contributed by atoms with Gasteiger partial charge in [0.05, 0.1) is 6.54 Å². The highest BCUT2D eigenvalue weighted by Gasteiger charge is 2.40. The Morgan fingerprint density at radius 3 is 1.88 bits per heavy atom. The minimum Gasteiger partial charge on any atom is -0.423 e. The van der Waals surface area contributed by atoms with Gasteiger partial charge < -0.3 is 14.9 Å². The number of carbonyl (C=O) groups excluding carboxylic acids is 1. The van der Waals surface area contributed by atoms with Crippen LogP contribution >= 0.6 is 0 Å². The largest absolute Gasteiger partial charge is 0.488 e. The van der Waals surface area contributed by atoms with Gasteiger partial charge in [0.25, 0.3) is 0 Å². The molecular weight excluding hydrogens is 594 g/mol. The molecule has 0 aliphatic heterocycles. The van der Waals surface area contributed by atoms with Crippen LogP contribution in [0.5, 0.6) is 0 Å². The van der Waals surface area contributed by atoms with Crippen LogP contribution in [0.15, 0.2) is 53.4 Å². The fourth-order valence-electron chi connectivity index (χ4n) is 5.18. The van der Waals surface area contributed by atoms with Gasteiger partial charge in [-0.1, -0.05) is 55.7 Å². The molecule has 1 fully saturated rings. The Kier molecular flexibility index (Phi) is 9.95. The third-order valence-electron chi connectivity index (χ3n) is 7.88. The summed E-state index contributed by atoms with van der Waals surface area (Å²) in [5, 5.41) is 18.9. The first-order chi connectivity index (χ1) is 20.2. The fraction of sp³-hybridized carbons (Fsp3) is 0.345. The first-order valence-corrected chi connectivity index (χ1v) is 15.1. The molecule has 0 spiro atoms. The van der Waals surface area contributed by atoms with E-state index >= 15 is 0 Å².